The molecule has 1 rings (SSSR count). The van der Waals surface area contributed by atoms with Crippen LogP contribution in [0.3, 0.4) is 0 Å². The summed E-state index contributed by atoms with van der Waals surface area (Å²) >= 11 is 2.98. The first-order valence-electron chi connectivity index (χ1n) is 4.58. The molecule has 1 aromatic carbocycles. The van der Waals surface area contributed by atoms with Gasteiger partial charge in [-0.05, 0) is 17.7 Å². The highest BCUT2D eigenvalue weighted by Crippen LogP contribution is 2.22. The predicted molar refractivity (Wildman–Crippen MR) is 58.8 cm³/mol. The molecule has 0 heterocycles. The fourth-order valence-corrected chi connectivity index (χ4v) is 1.26. The van der Waals surface area contributed by atoms with E-state index in [-0.39, 0.29) is 23.5 Å². The van der Waals surface area contributed by atoms with Gasteiger partial charge in [-0.2, -0.15) is 0 Å². The van der Waals surface area contributed by atoms with Gasteiger partial charge in [0.15, 0.2) is 0 Å². The molecule has 0 radical (unpaired) electrons. The van der Waals surface area contributed by atoms with Crippen molar-refractivity contribution in [3.05, 3.63) is 29.8 Å². The van der Waals surface area contributed by atoms with Gasteiger partial charge in [0.25, 0.3) is 0 Å². The molecule has 0 bridgehead atoms. The Balaban J connectivity index is 2.53. The molecule has 0 atom stereocenters. The van der Waals surface area contributed by atoms with Crippen molar-refractivity contribution < 1.29 is 22.7 Å². The first kappa shape index (κ1) is 13.8. The summed E-state index contributed by atoms with van der Waals surface area (Å²) in [5, 5.41) is 2.75. The molecule has 3 nitrogen and oxygen atoms in total. The van der Waals surface area contributed by atoms with E-state index in [2.05, 4.69) is 26.0 Å². The topological polar surface area (TPSA) is 38.3 Å². The molecular formula is C10H9BrF3NO2. The predicted octanol–water partition coefficient (Wildman–Crippen LogP) is 2.60. The molecule has 1 aromatic rings. The number of carbonyl (C=O) groups is 1. The lowest BCUT2D eigenvalue weighted by molar-refractivity contribution is -0.274. The molecule has 0 saturated carbocycles. The molecule has 0 aliphatic rings. The first-order valence-corrected chi connectivity index (χ1v) is 5.70. The van der Waals surface area contributed by atoms with Gasteiger partial charge in [-0.25, -0.2) is 0 Å². The number of alkyl halides is 4. The third-order valence-corrected chi connectivity index (χ3v) is 2.28. The third-order valence-electron chi connectivity index (χ3n) is 1.77. The Bertz CT molecular complexity index is 378. The van der Waals surface area contributed by atoms with Crippen molar-refractivity contribution >= 4 is 21.8 Å². The molecule has 17 heavy (non-hydrogen) atoms. The van der Waals surface area contributed by atoms with Crippen LogP contribution in [0.4, 0.5) is 13.2 Å². The van der Waals surface area contributed by atoms with E-state index in [1.165, 1.54) is 24.3 Å². The van der Waals surface area contributed by atoms with Crippen LogP contribution in [0, 0.1) is 0 Å². The number of amides is 1. The van der Waals surface area contributed by atoms with Gasteiger partial charge in [-0.1, -0.05) is 28.1 Å². The molecule has 1 N–H and O–H groups in total. The second-order valence-electron chi connectivity index (χ2n) is 3.10. The van der Waals surface area contributed by atoms with Crippen LogP contribution in [0.5, 0.6) is 5.75 Å². The monoisotopic (exact) mass is 311 g/mol. The van der Waals surface area contributed by atoms with E-state index in [9.17, 15) is 18.0 Å². The van der Waals surface area contributed by atoms with E-state index in [0.29, 0.717) is 5.56 Å². The SMILES string of the molecule is O=C(CBr)NCc1ccc(OC(F)(F)F)cc1. The number of hydrogen-bond donors (Lipinski definition) is 1. The van der Waals surface area contributed by atoms with Crippen LogP contribution in [0.2, 0.25) is 0 Å². The molecule has 7 heteroatoms. The number of halogens is 4. The van der Waals surface area contributed by atoms with E-state index in [1.54, 1.807) is 0 Å². The minimum absolute atomic E-state index is 0.183. The Morgan fingerprint density at radius 3 is 2.35 bits per heavy atom. The molecule has 0 unspecified atom stereocenters. The largest absolute Gasteiger partial charge is 0.573 e. The Kier molecular flexibility index (Phi) is 4.80. The van der Waals surface area contributed by atoms with E-state index < -0.39 is 6.36 Å². The van der Waals surface area contributed by atoms with E-state index in [0.717, 1.165) is 0 Å². The zero-order chi connectivity index (χ0) is 12.9. The number of carbonyl (C=O) groups excluding carboxylic acids is 1. The van der Waals surface area contributed by atoms with Crippen LogP contribution < -0.4 is 10.1 Å². The maximum atomic E-state index is 11.9. The second-order valence-corrected chi connectivity index (χ2v) is 3.66. The standard InChI is InChI=1S/C10H9BrF3NO2/c11-5-9(16)15-6-7-1-3-8(4-2-7)17-10(12,13)14/h1-4H,5-6H2,(H,15,16). The normalized spacial score (nSPS) is 11.1. The fraction of sp³-hybridized carbons (Fsp3) is 0.300. The van der Waals surface area contributed by atoms with E-state index in [1.807, 2.05) is 0 Å². The second kappa shape index (κ2) is 5.90. The Labute approximate surface area is 104 Å². The van der Waals surface area contributed by atoms with Crippen LogP contribution in [0.15, 0.2) is 24.3 Å². The van der Waals surface area contributed by atoms with Crippen molar-refractivity contribution in [1.82, 2.24) is 5.32 Å². The molecule has 0 aromatic heterocycles. The third kappa shape index (κ3) is 5.58. The Hall–Kier alpha value is -1.24. The van der Waals surface area contributed by atoms with Crippen LogP contribution >= 0.6 is 15.9 Å². The minimum atomic E-state index is -4.69. The molecule has 1 amide bonds. The zero-order valence-corrected chi connectivity index (χ0v) is 10.1. The summed E-state index contributed by atoms with van der Waals surface area (Å²) in [4.78, 5) is 10.9. The molecule has 0 spiro atoms. The van der Waals surface area contributed by atoms with Gasteiger partial charge in [0, 0.05) is 6.54 Å². The van der Waals surface area contributed by atoms with Crippen molar-refractivity contribution in [1.29, 1.82) is 0 Å². The lowest BCUT2D eigenvalue weighted by Crippen LogP contribution is -2.23. The average molecular weight is 312 g/mol. The van der Waals surface area contributed by atoms with Crippen LogP contribution in [-0.4, -0.2) is 17.6 Å². The summed E-state index contributed by atoms with van der Waals surface area (Å²) in [5.74, 6) is -0.478. The summed E-state index contributed by atoms with van der Waals surface area (Å²) in [5.41, 5.74) is 0.689. The smallest absolute Gasteiger partial charge is 0.406 e. The molecule has 0 aliphatic carbocycles. The first-order chi connectivity index (χ1) is 7.90. The van der Waals surface area contributed by atoms with Crippen molar-refractivity contribution in [3.63, 3.8) is 0 Å². The van der Waals surface area contributed by atoms with Crippen LogP contribution in [-0.2, 0) is 11.3 Å². The molecule has 0 saturated heterocycles. The highest BCUT2D eigenvalue weighted by atomic mass is 79.9. The van der Waals surface area contributed by atoms with Gasteiger partial charge in [0.05, 0.1) is 5.33 Å². The zero-order valence-electron chi connectivity index (χ0n) is 8.55. The van der Waals surface area contributed by atoms with E-state index in [4.69, 9.17) is 0 Å². The lowest BCUT2D eigenvalue weighted by atomic mass is 10.2. The van der Waals surface area contributed by atoms with Gasteiger partial charge in [-0.3, -0.25) is 4.79 Å². The Morgan fingerprint density at radius 2 is 1.88 bits per heavy atom. The van der Waals surface area contributed by atoms with E-state index >= 15 is 0 Å². The molecule has 0 fully saturated rings. The number of hydrogen-bond acceptors (Lipinski definition) is 2. The summed E-state index contributed by atoms with van der Waals surface area (Å²) in [6.45, 7) is 0.261. The Morgan fingerprint density at radius 1 is 1.29 bits per heavy atom. The van der Waals surface area contributed by atoms with Crippen molar-refractivity contribution in [3.8, 4) is 5.75 Å². The molecule has 0 aliphatic heterocycles. The van der Waals surface area contributed by atoms with Gasteiger partial charge < -0.3 is 10.1 Å². The number of ether oxygens (including phenoxy) is 1. The fourth-order valence-electron chi connectivity index (χ4n) is 1.06. The number of benzene rings is 1. The van der Waals surface area contributed by atoms with Gasteiger partial charge in [-0.15, -0.1) is 13.2 Å². The summed E-state index contributed by atoms with van der Waals surface area (Å²) < 4.78 is 39.3. The van der Waals surface area contributed by atoms with Gasteiger partial charge in [0.2, 0.25) is 5.91 Å². The molecule has 94 valence electrons. The lowest BCUT2D eigenvalue weighted by Gasteiger charge is -2.09. The quantitative estimate of drug-likeness (QED) is 0.868. The maximum absolute atomic E-state index is 11.9. The number of rotatable bonds is 4. The van der Waals surface area contributed by atoms with Crippen molar-refractivity contribution in [2.45, 2.75) is 12.9 Å². The maximum Gasteiger partial charge on any atom is 0.573 e. The number of nitrogens with one attached hydrogen (secondary N) is 1. The summed E-state index contributed by atoms with van der Waals surface area (Å²) in [6.07, 6.45) is -4.69. The summed E-state index contributed by atoms with van der Waals surface area (Å²) in [7, 11) is 0. The van der Waals surface area contributed by atoms with Crippen molar-refractivity contribution in [2.75, 3.05) is 5.33 Å². The van der Waals surface area contributed by atoms with Gasteiger partial charge >= 0.3 is 6.36 Å². The van der Waals surface area contributed by atoms with Crippen molar-refractivity contribution in [2.24, 2.45) is 0 Å². The van der Waals surface area contributed by atoms with Gasteiger partial charge in [0.1, 0.15) is 5.75 Å². The summed E-state index contributed by atoms with van der Waals surface area (Å²) in [6, 6.07) is 5.30. The highest BCUT2D eigenvalue weighted by Gasteiger charge is 2.30. The van der Waals surface area contributed by atoms with Crippen LogP contribution in [0.1, 0.15) is 5.56 Å². The molecular weight excluding hydrogens is 303 g/mol. The average Bonchev–Trinajstić information content (AvgIpc) is 2.25. The minimum Gasteiger partial charge on any atom is -0.406 e. The highest BCUT2D eigenvalue weighted by molar-refractivity contribution is 9.09. The van der Waals surface area contributed by atoms with Crippen LogP contribution in [0.25, 0.3) is 0 Å².